The summed E-state index contributed by atoms with van der Waals surface area (Å²) in [6.45, 7) is 4.41. The van der Waals surface area contributed by atoms with Gasteiger partial charge < -0.3 is 14.6 Å². The number of aryl methyl sites for hydroxylation is 1. The molecule has 178 valence electrons. The van der Waals surface area contributed by atoms with Crippen molar-refractivity contribution in [2.45, 2.75) is 33.1 Å². The Hall–Kier alpha value is -4.00. The number of rotatable bonds is 6. The van der Waals surface area contributed by atoms with E-state index in [9.17, 15) is 4.79 Å². The van der Waals surface area contributed by atoms with Gasteiger partial charge in [0.15, 0.2) is 5.82 Å². The number of nitrogens with zero attached hydrogens (tertiary/aromatic N) is 3. The average Bonchev–Trinajstić information content (AvgIpc) is 3.28. The molecule has 0 fully saturated rings. The number of hydrogen-bond donors (Lipinski definition) is 1. The summed E-state index contributed by atoms with van der Waals surface area (Å²) < 4.78 is 10.5. The number of nitrogens with one attached hydrogen (secondary N) is 1. The van der Waals surface area contributed by atoms with Crippen LogP contribution in [0.25, 0.3) is 22.6 Å². The van der Waals surface area contributed by atoms with Crippen LogP contribution < -0.4 is 10.1 Å². The van der Waals surface area contributed by atoms with Crippen LogP contribution in [0, 0.1) is 12.8 Å². The van der Waals surface area contributed by atoms with E-state index < -0.39 is 0 Å². The molecule has 0 aliphatic heterocycles. The lowest BCUT2D eigenvalue weighted by Crippen LogP contribution is -2.29. The number of carbonyl (C=O) groups excluding carboxylic acids is 1. The van der Waals surface area contributed by atoms with Gasteiger partial charge in [0.05, 0.1) is 23.9 Å². The van der Waals surface area contributed by atoms with Gasteiger partial charge in [0, 0.05) is 18.4 Å². The second-order valence-corrected chi connectivity index (χ2v) is 9.03. The minimum atomic E-state index is -0.103. The maximum Gasteiger partial charge on any atom is 0.252 e. The number of aromatic nitrogens is 3. The van der Waals surface area contributed by atoms with Crippen LogP contribution in [0.1, 0.15) is 52.2 Å². The minimum Gasteiger partial charge on any atom is -0.497 e. The molecule has 1 unspecified atom stereocenters. The third-order valence-corrected chi connectivity index (χ3v) is 6.30. The lowest BCUT2D eigenvalue weighted by Gasteiger charge is -2.27. The van der Waals surface area contributed by atoms with E-state index in [0.29, 0.717) is 36.2 Å². The number of methoxy groups -OCH3 is 1. The van der Waals surface area contributed by atoms with Crippen molar-refractivity contribution in [3.05, 3.63) is 82.6 Å². The van der Waals surface area contributed by atoms with Crippen molar-refractivity contribution in [1.29, 1.82) is 0 Å². The maximum absolute atomic E-state index is 13.5. The largest absolute Gasteiger partial charge is 0.497 e. The molecule has 2 heterocycles. The maximum atomic E-state index is 13.5. The Morgan fingerprint density at radius 3 is 2.69 bits per heavy atom. The molecular formula is C28H28N4O3. The van der Waals surface area contributed by atoms with Crippen molar-refractivity contribution < 1.29 is 14.1 Å². The van der Waals surface area contributed by atoms with E-state index >= 15 is 0 Å². The Morgan fingerprint density at radius 1 is 1.14 bits per heavy atom. The monoisotopic (exact) mass is 468 g/mol. The van der Waals surface area contributed by atoms with Crippen LogP contribution in [0.15, 0.2) is 53.1 Å². The first-order valence-electron chi connectivity index (χ1n) is 11.9. The molecule has 0 radical (unpaired) electrons. The number of allylic oxidation sites excluding steroid dienone is 1. The number of para-hydroxylation sites is 1. The van der Waals surface area contributed by atoms with E-state index in [2.05, 4.69) is 28.5 Å². The van der Waals surface area contributed by atoms with Crippen molar-refractivity contribution >= 4 is 28.5 Å². The van der Waals surface area contributed by atoms with Gasteiger partial charge in [-0.25, -0.2) is 4.98 Å². The summed E-state index contributed by atoms with van der Waals surface area (Å²) in [6, 6.07) is 15.8. The molecule has 0 bridgehead atoms. The fourth-order valence-electron chi connectivity index (χ4n) is 4.71. The number of pyridine rings is 1. The van der Waals surface area contributed by atoms with Crippen molar-refractivity contribution in [1.82, 2.24) is 20.4 Å². The topological polar surface area (TPSA) is 90.1 Å². The van der Waals surface area contributed by atoms with Gasteiger partial charge in [-0.1, -0.05) is 42.4 Å². The number of hydrogen-bond acceptors (Lipinski definition) is 6. The molecule has 7 nitrogen and oxygen atoms in total. The molecule has 1 aliphatic carbocycles. The molecule has 7 heteroatoms. The Bertz CT molecular complexity index is 1410. The molecule has 1 N–H and O–H groups in total. The predicted octanol–water partition coefficient (Wildman–Crippen LogP) is 5.03. The van der Waals surface area contributed by atoms with E-state index in [1.807, 2.05) is 48.5 Å². The summed E-state index contributed by atoms with van der Waals surface area (Å²) in [4.78, 5) is 22.8. The van der Waals surface area contributed by atoms with Gasteiger partial charge in [-0.05, 0) is 66.7 Å². The first kappa shape index (κ1) is 22.8. The summed E-state index contributed by atoms with van der Waals surface area (Å²) in [5.41, 5.74) is 5.67. The number of carbonyl (C=O) groups is 1. The molecule has 5 rings (SSSR count). The molecule has 0 spiro atoms. The number of fused-ring (bicyclic) bond motifs is 2. The van der Waals surface area contributed by atoms with Gasteiger partial charge in [-0.3, -0.25) is 4.79 Å². The van der Waals surface area contributed by atoms with E-state index in [1.54, 1.807) is 14.0 Å². The summed E-state index contributed by atoms with van der Waals surface area (Å²) in [5.74, 6) is 2.22. The minimum absolute atomic E-state index is 0.103. The highest BCUT2D eigenvalue weighted by Crippen LogP contribution is 2.38. The molecule has 2 aromatic carbocycles. The highest BCUT2D eigenvalue weighted by molar-refractivity contribution is 6.09. The predicted molar refractivity (Wildman–Crippen MR) is 135 cm³/mol. The molecule has 1 atom stereocenters. The zero-order valence-corrected chi connectivity index (χ0v) is 20.2. The van der Waals surface area contributed by atoms with Gasteiger partial charge in [0.25, 0.3) is 5.91 Å². The van der Waals surface area contributed by atoms with Crippen LogP contribution in [-0.2, 0) is 12.8 Å². The van der Waals surface area contributed by atoms with Crippen LogP contribution in [0.3, 0.4) is 0 Å². The molecule has 2 aromatic heterocycles. The molecule has 35 heavy (non-hydrogen) atoms. The van der Waals surface area contributed by atoms with Crippen molar-refractivity contribution in [3.8, 4) is 5.75 Å². The van der Waals surface area contributed by atoms with Crippen LogP contribution in [0.4, 0.5) is 0 Å². The standard InChI is InChI=1S/C28H28N4O3/c1-17-14-20(16-19-8-10-21(34-3)11-9-19)27-23(15-17)26(22-6-4-5-7-24(22)31-27)28(33)29-13-12-25-30-18(2)32-35-25/h4-11,16-17H,12-15H2,1-3H3,(H,29,33)/b20-16+. The number of ether oxygens (including phenoxy) is 1. The fraction of sp³-hybridized carbons (Fsp3) is 0.286. The Kier molecular flexibility index (Phi) is 6.31. The van der Waals surface area contributed by atoms with Crippen LogP contribution >= 0.6 is 0 Å². The third-order valence-electron chi connectivity index (χ3n) is 6.30. The van der Waals surface area contributed by atoms with Gasteiger partial charge in [0.2, 0.25) is 5.89 Å². The van der Waals surface area contributed by atoms with Crippen molar-refractivity contribution in [2.75, 3.05) is 13.7 Å². The third kappa shape index (κ3) is 4.80. The summed E-state index contributed by atoms with van der Waals surface area (Å²) in [5, 5.41) is 7.75. The van der Waals surface area contributed by atoms with Crippen molar-refractivity contribution in [2.24, 2.45) is 5.92 Å². The van der Waals surface area contributed by atoms with E-state index in [0.717, 1.165) is 51.9 Å². The molecular weight excluding hydrogens is 440 g/mol. The number of benzene rings is 2. The van der Waals surface area contributed by atoms with Gasteiger partial charge in [-0.2, -0.15) is 4.98 Å². The van der Waals surface area contributed by atoms with Crippen LogP contribution in [-0.4, -0.2) is 34.7 Å². The second kappa shape index (κ2) is 9.70. The first-order chi connectivity index (χ1) is 17.0. The summed E-state index contributed by atoms with van der Waals surface area (Å²) in [6.07, 6.45) is 4.37. The molecule has 1 aliphatic rings. The fourth-order valence-corrected chi connectivity index (χ4v) is 4.71. The zero-order chi connectivity index (χ0) is 24.4. The summed E-state index contributed by atoms with van der Waals surface area (Å²) in [7, 11) is 1.66. The molecule has 0 saturated carbocycles. The highest BCUT2D eigenvalue weighted by atomic mass is 16.5. The lowest BCUT2D eigenvalue weighted by molar-refractivity contribution is 0.0953. The highest BCUT2D eigenvalue weighted by Gasteiger charge is 2.28. The van der Waals surface area contributed by atoms with Gasteiger partial charge >= 0.3 is 0 Å². The lowest BCUT2D eigenvalue weighted by atomic mass is 9.80. The zero-order valence-electron chi connectivity index (χ0n) is 20.2. The average molecular weight is 469 g/mol. The quantitative estimate of drug-likeness (QED) is 0.427. The van der Waals surface area contributed by atoms with Gasteiger partial charge in [-0.15, -0.1) is 0 Å². The molecule has 0 saturated heterocycles. The summed E-state index contributed by atoms with van der Waals surface area (Å²) >= 11 is 0. The Labute approximate surface area is 204 Å². The van der Waals surface area contributed by atoms with E-state index in [1.165, 1.54) is 0 Å². The van der Waals surface area contributed by atoms with E-state index in [4.69, 9.17) is 14.2 Å². The second-order valence-electron chi connectivity index (χ2n) is 9.03. The van der Waals surface area contributed by atoms with Crippen LogP contribution in [0.2, 0.25) is 0 Å². The Morgan fingerprint density at radius 2 is 1.94 bits per heavy atom. The SMILES string of the molecule is COc1ccc(/C=C2\CC(C)Cc3c2nc2ccccc2c3C(=O)NCCc2nc(C)no2)cc1. The van der Waals surface area contributed by atoms with Gasteiger partial charge in [0.1, 0.15) is 5.75 Å². The van der Waals surface area contributed by atoms with Crippen molar-refractivity contribution in [3.63, 3.8) is 0 Å². The van der Waals surface area contributed by atoms with E-state index in [-0.39, 0.29) is 5.91 Å². The number of amides is 1. The first-order valence-corrected chi connectivity index (χ1v) is 11.9. The molecule has 1 amide bonds. The van der Waals surface area contributed by atoms with Crippen LogP contribution in [0.5, 0.6) is 5.75 Å². The normalized spacial score (nSPS) is 16.3. The smallest absolute Gasteiger partial charge is 0.252 e. The Balaban J connectivity index is 1.53. The molecule has 4 aromatic rings.